The molecule has 0 radical (unpaired) electrons. The molecule has 1 N–H and O–H groups in total. The molecule has 0 aliphatic carbocycles. The van der Waals surface area contributed by atoms with Crippen LogP contribution in [0, 0.1) is 11.3 Å². The largest absolute Gasteiger partial charge is 0.481 e. The molecule has 2 aromatic rings. The number of carboxylic acid groups (broad SMARTS) is 1. The molecule has 0 saturated carbocycles. The second-order valence-corrected chi connectivity index (χ2v) is 7.81. The Hall–Kier alpha value is -1.85. The topological polar surface area (TPSA) is 48.7 Å². The monoisotopic (exact) mass is 341 g/mol. The lowest BCUT2D eigenvalue weighted by molar-refractivity contribution is -0.153. The van der Waals surface area contributed by atoms with Crippen LogP contribution in [0.1, 0.15) is 18.9 Å². The average Bonchev–Trinajstić information content (AvgIpc) is 3.16. The van der Waals surface area contributed by atoms with E-state index in [9.17, 15) is 9.90 Å². The highest BCUT2D eigenvalue weighted by molar-refractivity contribution is 5.83. The van der Waals surface area contributed by atoms with E-state index >= 15 is 0 Å². The second kappa shape index (κ2) is 6.15. The number of nitrogens with zero attached hydrogens (tertiary/aromatic N) is 3. The van der Waals surface area contributed by atoms with Crippen molar-refractivity contribution >= 4 is 16.9 Å². The minimum absolute atomic E-state index is 0.264. The van der Waals surface area contributed by atoms with Crippen LogP contribution in [0.4, 0.5) is 0 Å². The number of aliphatic carboxylic acids is 1. The highest BCUT2D eigenvalue weighted by atomic mass is 16.4. The summed E-state index contributed by atoms with van der Waals surface area (Å²) in [5, 5.41) is 11.2. The highest BCUT2D eigenvalue weighted by Gasteiger charge is 2.54. The van der Waals surface area contributed by atoms with Gasteiger partial charge in [0.05, 0.1) is 5.41 Å². The predicted molar refractivity (Wildman–Crippen MR) is 98.6 cm³/mol. The van der Waals surface area contributed by atoms with Gasteiger partial charge in [-0.15, -0.1) is 0 Å². The van der Waals surface area contributed by atoms with Gasteiger partial charge >= 0.3 is 5.97 Å². The average molecular weight is 341 g/mol. The van der Waals surface area contributed by atoms with Gasteiger partial charge in [-0.3, -0.25) is 9.69 Å². The van der Waals surface area contributed by atoms with Crippen LogP contribution in [0.15, 0.2) is 30.5 Å². The number of carboxylic acids is 1. The van der Waals surface area contributed by atoms with E-state index in [0.29, 0.717) is 13.1 Å². The van der Waals surface area contributed by atoms with Gasteiger partial charge in [0.15, 0.2) is 0 Å². The molecular weight excluding hydrogens is 314 g/mol. The van der Waals surface area contributed by atoms with Crippen LogP contribution in [-0.2, 0) is 17.9 Å². The molecule has 1 aromatic carbocycles. The van der Waals surface area contributed by atoms with Crippen molar-refractivity contribution in [1.29, 1.82) is 0 Å². The van der Waals surface area contributed by atoms with Crippen molar-refractivity contribution < 1.29 is 9.90 Å². The van der Waals surface area contributed by atoms with E-state index in [1.165, 1.54) is 16.5 Å². The molecule has 2 saturated heterocycles. The normalized spacial score (nSPS) is 27.7. The van der Waals surface area contributed by atoms with E-state index in [0.717, 1.165) is 32.6 Å². The molecule has 134 valence electrons. The van der Waals surface area contributed by atoms with E-state index in [1.54, 1.807) is 0 Å². The third-order valence-corrected chi connectivity index (χ3v) is 6.24. The number of fused-ring (bicyclic) bond motifs is 2. The first-order chi connectivity index (χ1) is 12.0. The van der Waals surface area contributed by atoms with Crippen molar-refractivity contribution in [3.05, 3.63) is 36.0 Å². The number of hydrogen-bond acceptors (Lipinski definition) is 3. The van der Waals surface area contributed by atoms with Crippen LogP contribution in [-0.4, -0.2) is 58.7 Å². The van der Waals surface area contributed by atoms with Crippen LogP contribution in [0.2, 0.25) is 0 Å². The van der Waals surface area contributed by atoms with Gasteiger partial charge in [-0.05, 0) is 50.6 Å². The van der Waals surface area contributed by atoms with Gasteiger partial charge in [0.25, 0.3) is 0 Å². The van der Waals surface area contributed by atoms with Crippen LogP contribution in [0.5, 0.6) is 0 Å². The van der Waals surface area contributed by atoms with Crippen molar-refractivity contribution in [3.8, 4) is 0 Å². The molecule has 2 atom stereocenters. The number of rotatable bonds is 4. The summed E-state index contributed by atoms with van der Waals surface area (Å²) in [4.78, 5) is 16.6. The number of aryl methyl sites for hydroxylation is 1. The molecule has 5 nitrogen and oxygen atoms in total. The number of hydrogen-bond donors (Lipinski definition) is 1. The lowest BCUT2D eigenvalue weighted by atomic mass is 9.73. The zero-order valence-electron chi connectivity index (χ0n) is 15.1. The van der Waals surface area contributed by atoms with Gasteiger partial charge in [0, 0.05) is 49.8 Å². The van der Waals surface area contributed by atoms with Crippen LogP contribution in [0.25, 0.3) is 10.9 Å². The van der Waals surface area contributed by atoms with Gasteiger partial charge in [0.2, 0.25) is 0 Å². The molecular formula is C20H27N3O2. The fourth-order valence-corrected chi connectivity index (χ4v) is 4.93. The van der Waals surface area contributed by atoms with E-state index in [1.807, 2.05) is 7.05 Å². The highest BCUT2D eigenvalue weighted by Crippen LogP contribution is 2.42. The Bertz CT molecular complexity index is 799. The predicted octanol–water partition coefficient (Wildman–Crippen LogP) is 2.50. The molecule has 1 aromatic heterocycles. The summed E-state index contributed by atoms with van der Waals surface area (Å²) in [7, 11) is 2.04. The molecule has 0 amide bonds. The summed E-state index contributed by atoms with van der Waals surface area (Å²) in [5.74, 6) is -0.359. The summed E-state index contributed by atoms with van der Waals surface area (Å²) in [6.07, 6.45) is 3.13. The smallest absolute Gasteiger partial charge is 0.312 e. The lowest BCUT2D eigenvalue weighted by Crippen LogP contribution is -2.52. The molecule has 0 unspecified atom stereocenters. The zero-order chi connectivity index (χ0) is 17.6. The minimum atomic E-state index is -0.623. The van der Waals surface area contributed by atoms with E-state index < -0.39 is 11.4 Å². The Morgan fingerprint density at radius 2 is 2.16 bits per heavy atom. The molecule has 4 rings (SSSR count). The summed E-state index contributed by atoms with van der Waals surface area (Å²) in [5.41, 5.74) is 1.97. The maximum atomic E-state index is 12.1. The van der Waals surface area contributed by atoms with Crippen molar-refractivity contribution in [1.82, 2.24) is 14.4 Å². The summed E-state index contributed by atoms with van der Waals surface area (Å²) < 4.78 is 2.26. The number of benzene rings is 1. The van der Waals surface area contributed by atoms with Crippen LogP contribution >= 0.6 is 0 Å². The zero-order valence-corrected chi connectivity index (χ0v) is 15.1. The van der Waals surface area contributed by atoms with Crippen molar-refractivity contribution in [3.63, 3.8) is 0 Å². The van der Waals surface area contributed by atoms with Gasteiger partial charge in [-0.25, -0.2) is 0 Å². The standard InChI is InChI=1S/C20H27N3O2/c1-3-23-10-8-17-15(5-4-6-18(17)23)11-22-12-16-7-9-21(2)13-20(16,14-22)19(24)25/h4-6,8,10,16H,3,7,9,11-14H2,1-2H3,(H,24,25)/t16-,20-/m0/s1. The van der Waals surface area contributed by atoms with E-state index in [4.69, 9.17) is 0 Å². The van der Waals surface area contributed by atoms with Gasteiger partial charge in [-0.1, -0.05) is 12.1 Å². The molecule has 2 fully saturated rings. The Balaban J connectivity index is 1.60. The second-order valence-electron chi connectivity index (χ2n) is 7.81. The van der Waals surface area contributed by atoms with Crippen LogP contribution < -0.4 is 0 Å². The van der Waals surface area contributed by atoms with Gasteiger partial charge < -0.3 is 14.6 Å². The van der Waals surface area contributed by atoms with Gasteiger partial charge in [0.1, 0.15) is 0 Å². The van der Waals surface area contributed by atoms with Crippen LogP contribution in [0.3, 0.4) is 0 Å². The lowest BCUT2D eigenvalue weighted by Gasteiger charge is -2.39. The third kappa shape index (κ3) is 2.66. The first kappa shape index (κ1) is 16.6. The van der Waals surface area contributed by atoms with Crippen molar-refractivity contribution in [2.24, 2.45) is 11.3 Å². The first-order valence-electron chi connectivity index (χ1n) is 9.24. The van der Waals surface area contributed by atoms with Crippen molar-refractivity contribution in [2.45, 2.75) is 26.4 Å². The molecule has 3 heterocycles. The third-order valence-electron chi connectivity index (χ3n) is 6.24. The molecule has 2 aliphatic rings. The van der Waals surface area contributed by atoms with Gasteiger partial charge in [-0.2, -0.15) is 0 Å². The SMILES string of the molecule is CCn1ccc2c(CN3C[C@@H]4CCN(C)C[C@]4(C(=O)O)C3)cccc21. The Morgan fingerprint density at radius 1 is 1.32 bits per heavy atom. The molecule has 5 heteroatoms. The number of likely N-dealkylation sites (tertiary alicyclic amines) is 2. The Labute approximate surface area is 148 Å². The molecule has 0 bridgehead atoms. The fourth-order valence-electron chi connectivity index (χ4n) is 4.93. The summed E-state index contributed by atoms with van der Waals surface area (Å²) in [6, 6.07) is 8.66. The van der Waals surface area contributed by atoms with E-state index in [-0.39, 0.29) is 5.92 Å². The number of aromatic nitrogens is 1. The molecule has 25 heavy (non-hydrogen) atoms. The fraction of sp³-hybridized carbons (Fsp3) is 0.550. The minimum Gasteiger partial charge on any atom is -0.481 e. The van der Waals surface area contributed by atoms with E-state index in [2.05, 4.69) is 51.8 Å². The molecule has 2 aliphatic heterocycles. The first-order valence-corrected chi connectivity index (χ1v) is 9.24. The molecule has 0 spiro atoms. The maximum Gasteiger partial charge on any atom is 0.312 e. The Kier molecular flexibility index (Phi) is 4.08. The Morgan fingerprint density at radius 3 is 2.92 bits per heavy atom. The van der Waals surface area contributed by atoms with Crippen molar-refractivity contribution in [2.75, 3.05) is 33.2 Å². The number of carbonyl (C=O) groups is 1. The maximum absolute atomic E-state index is 12.1. The quantitative estimate of drug-likeness (QED) is 0.928. The summed E-state index contributed by atoms with van der Waals surface area (Å²) in [6.45, 7) is 7.17. The number of piperidine rings is 1. The summed E-state index contributed by atoms with van der Waals surface area (Å²) >= 11 is 0.